The molecule has 14 heavy (non-hydrogen) atoms. The molecule has 4 nitrogen and oxygen atoms in total. The first kappa shape index (κ1) is 11.3. The first-order chi connectivity index (χ1) is 6.70. The standard InChI is InChI=1S/C8H10Cl2N2O2/c9-2-1-6-5-11-8(14)12(4-3-10)7(6)13/h5H,1-4H2,(H,11,14). The lowest BCUT2D eigenvalue weighted by atomic mass is 10.2. The van der Waals surface area contributed by atoms with Gasteiger partial charge in [-0.15, -0.1) is 23.2 Å². The molecule has 0 aliphatic rings. The molecule has 0 saturated heterocycles. The molecule has 0 radical (unpaired) electrons. The summed E-state index contributed by atoms with van der Waals surface area (Å²) in [6.07, 6.45) is 1.84. The summed E-state index contributed by atoms with van der Waals surface area (Å²) in [5.74, 6) is 0.579. The first-order valence-electron chi connectivity index (χ1n) is 4.14. The van der Waals surface area contributed by atoms with Gasteiger partial charge in [-0.25, -0.2) is 4.79 Å². The van der Waals surface area contributed by atoms with Crippen LogP contribution in [0, 0.1) is 0 Å². The Morgan fingerprint density at radius 1 is 1.29 bits per heavy atom. The molecule has 0 unspecified atom stereocenters. The smallest absolute Gasteiger partial charge is 0.314 e. The molecule has 0 fully saturated rings. The maximum atomic E-state index is 11.6. The molecule has 1 N–H and O–H groups in total. The van der Waals surface area contributed by atoms with Gasteiger partial charge in [-0.2, -0.15) is 0 Å². The Bertz CT molecular complexity index is 411. The summed E-state index contributed by atoms with van der Waals surface area (Å²) in [6.45, 7) is 0.214. The molecular weight excluding hydrogens is 227 g/mol. The van der Waals surface area contributed by atoms with E-state index in [4.69, 9.17) is 23.2 Å². The number of hydrogen-bond donors (Lipinski definition) is 1. The molecule has 0 amide bonds. The van der Waals surface area contributed by atoms with Crippen LogP contribution in [0.1, 0.15) is 5.56 Å². The Morgan fingerprint density at radius 2 is 2.00 bits per heavy atom. The van der Waals surface area contributed by atoms with Crippen molar-refractivity contribution in [1.82, 2.24) is 9.55 Å². The number of aromatic nitrogens is 2. The van der Waals surface area contributed by atoms with E-state index in [-0.39, 0.29) is 18.0 Å². The fourth-order valence-corrected chi connectivity index (χ4v) is 1.50. The minimum Gasteiger partial charge on any atom is -0.314 e. The van der Waals surface area contributed by atoms with E-state index < -0.39 is 5.69 Å². The Hall–Kier alpha value is -0.740. The van der Waals surface area contributed by atoms with Crippen molar-refractivity contribution in [2.75, 3.05) is 11.8 Å². The number of aryl methyl sites for hydroxylation is 1. The fraction of sp³-hybridized carbons (Fsp3) is 0.500. The number of nitrogens with one attached hydrogen (secondary N) is 1. The number of alkyl halides is 2. The van der Waals surface area contributed by atoms with Crippen molar-refractivity contribution in [3.8, 4) is 0 Å². The van der Waals surface area contributed by atoms with Crippen molar-refractivity contribution < 1.29 is 0 Å². The van der Waals surface area contributed by atoms with E-state index in [1.807, 2.05) is 0 Å². The third kappa shape index (κ3) is 2.39. The predicted molar refractivity (Wildman–Crippen MR) is 56.5 cm³/mol. The summed E-state index contributed by atoms with van der Waals surface area (Å²) >= 11 is 11.0. The number of nitrogens with zero attached hydrogens (tertiary/aromatic N) is 1. The molecular formula is C8H10Cl2N2O2. The highest BCUT2D eigenvalue weighted by molar-refractivity contribution is 6.18. The van der Waals surface area contributed by atoms with Crippen LogP contribution in [0.4, 0.5) is 0 Å². The van der Waals surface area contributed by atoms with Crippen molar-refractivity contribution in [3.63, 3.8) is 0 Å². The van der Waals surface area contributed by atoms with Crippen LogP contribution in [-0.4, -0.2) is 21.3 Å². The van der Waals surface area contributed by atoms with Crippen molar-refractivity contribution >= 4 is 23.2 Å². The highest BCUT2D eigenvalue weighted by Crippen LogP contribution is 1.91. The third-order valence-corrected chi connectivity index (χ3v) is 2.16. The quantitative estimate of drug-likeness (QED) is 0.777. The second-order valence-corrected chi connectivity index (χ2v) is 3.46. The molecule has 0 aromatic carbocycles. The molecule has 6 heteroatoms. The first-order valence-corrected chi connectivity index (χ1v) is 5.21. The van der Waals surface area contributed by atoms with Crippen LogP contribution in [0.2, 0.25) is 0 Å². The zero-order valence-corrected chi connectivity index (χ0v) is 8.94. The number of aromatic amines is 1. The number of halogens is 2. The lowest BCUT2D eigenvalue weighted by Crippen LogP contribution is -2.37. The van der Waals surface area contributed by atoms with Gasteiger partial charge in [0, 0.05) is 30.1 Å². The largest absolute Gasteiger partial charge is 0.328 e. The van der Waals surface area contributed by atoms with Crippen molar-refractivity contribution in [2.45, 2.75) is 13.0 Å². The molecule has 78 valence electrons. The summed E-state index contributed by atoms with van der Waals surface area (Å²) in [5.41, 5.74) is -0.242. The second kappa shape index (κ2) is 5.22. The van der Waals surface area contributed by atoms with E-state index in [2.05, 4.69) is 4.98 Å². The number of hydrogen-bond acceptors (Lipinski definition) is 2. The molecule has 0 atom stereocenters. The molecule has 1 aromatic rings. The summed E-state index contributed by atoms with van der Waals surface area (Å²) in [7, 11) is 0. The highest BCUT2D eigenvalue weighted by atomic mass is 35.5. The van der Waals surface area contributed by atoms with Crippen LogP contribution in [0.15, 0.2) is 15.8 Å². The monoisotopic (exact) mass is 236 g/mol. The van der Waals surface area contributed by atoms with E-state index in [1.54, 1.807) is 0 Å². The van der Waals surface area contributed by atoms with E-state index >= 15 is 0 Å². The van der Waals surface area contributed by atoms with Gasteiger partial charge >= 0.3 is 5.69 Å². The SMILES string of the molecule is O=c1[nH]cc(CCCl)c(=O)n1CCCl. The van der Waals surface area contributed by atoms with E-state index in [0.717, 1.165) is 4.57 Å². The van der Waals surface area contributed by atoms with Gasteiger partial charge in [-0.1, -0.05) is 0 Å². The van der Waals surface area contributed by atoms with Gasteiger partial charge in [0.25, 0.3) is 5.56 Å². The van der Waals surface area contributed by atoms with E-state index in [9.17, 15) is 9.59 Å². The topological polar surface area (TPSA) is 54.9 Å². The molecule has 0 saturated carbocycles. The third-order valence-electron chi connectivity index (χ3n) is 1.81. The van der Waals surface area contributed by atoms with Gasteiger partial charge in [0.2, 0.25) is 0 Å². The van der Waals surface area contributed by atoms with Gasteiger partial charge in [-0.05, 0) is 6.42 Å². The maximum Gasteiger partial charge on any atom is 0.328 e. The molecule has 0 aliphatic carbocycles. The lowest BCUT2D eigenvalue weighted by Gasteiger charge is -2.03. The van der Waals surface area contributed by atoms with Gasteiger partial charge in [0.15, 0.2) is 0 Å². The molecule has 1 aromatic heterocycles. The van der Waals surface area contributed by atoms with Crippen molar-refractivity contribution in [3.05, 3.63) is 32.6 Å². The maximum absolute atomic E-state index is 11.6. The molecule has 0 bridgehead atoms. The van der Waals surface area contributed by atoms with Gasteiger partial charge in [0.05, 0.1) is 0 Å². The van der Waals surface area contributed by atoms with E-state index in [1.165, 1.54) is 6.20 Å². The average Bonchev–Trinajstić information content (AvgIpc) is 2.17. The summed E-state index contributed by atoms with van der Waals surface area (Å²) in [4.78, 5) is 25.3. The van der Waals surface area contributed by atoms with Crippen molar-refractivity contribution in [1.29, 1.82) is 0 Å². The average molecular weight is 237 g/mol. The zero-order chi connectivity index (χ0) is 10.6. The number of rotatable bonds is 4. The highest BCUT2D eigenvalue weighted by Gasteiger charge is 2.05. The van der Waals surface area contributed by atoms with Crippen LogP contribution in [0.5, 0.6) is 0 Å². The Kier molecular flexibility index (Phi) is 4.22. The minimum absolute atomic E-state index is 0.214. The van der Waals surface area contributed by atoms with Crippen molar-refractivity contribution in [2.24, 2.45) is 0 Å². The lowest BCUT2D eigenvalue weighted by molar-refractivity contribution is 0.665. The van der Waals surface area contributed by atoms with Gasteiger partial charge in [0.1, 0.15) is 0 Å². The number of H-pyrrole nitrogens is 1. The minimum atomic E-state index is -0.436. The zero-order valence-electron chi connectivity index (χ0n) is 7.43. The van der Waals surface area contributed by atoms with Crippen LogP contribution < -0.4 is 11.2 Å². The fourth-order valence-electron chi connectivity index (χ4n) is 1.12. The second-order valence-electron chi connectivity index (χ2n) is 2.70. The summed E-state index contributed by atoms with van der Waals surface area (Å²) in [6, 6.07) is 0. The molecule has 1 heterocycles. The van der Waals surface area contributed by atoms with Crippen LogP contribution in [-0.2, 0) is 13.0 Å². The molecule has 1 rings (SSSR count). The van der Waals surface area contributed by atoms with Crippen LogP contribution >= 0.6 is 23.2 Å². The van der Waals surface area contributed by atoms with E-state index in [0.29, 0.717) is 17.9 Å². The Labute approximate surface area is 90.5 Å². The Balaban J connectivity index is 3.19. The van der Waals surface area contributed by atoms with Crippen LogP contribution in [0.25, 0.3) is 0 Å². The molecule has 0 spiro atoms. The van der Waals surface area contributed by atoms with Crippen LogP contribution in [0.3, 0.4) is 0 Å². The van der Waals surface area contributed by atoms with Gasteiger partial charge in [-0.3, -0.25) is 9.36 Å². The predicted octanol–water partition coefficient (Wildman–Crippen LogP) is 0.557. The van der Waals surface area contributed by atoms with Gasteiger partial charge < -0.3 is 4.98 Å². The summed E-state index contributed by atoms with van der Waals surface area (Å²) < 4.78 is 1.08. The molecule has 0 aliphatic heterocycles. The Morgan fingerprint density at radius 3 is 2.57 bits per heavy atom. The normalized spacial score (nSPS) is 10.4. The summed E-state index contributed by atoms with van der Waals surface area (Å²) in [5, 5.41) is 0.